The average molecular weight is 265 g/mol. The van der Waals surface area contributed by atoms with Crippen molar-refractivity contribution in [2.75, 3.05) is 26.4 Å². The van der Waals surface area contributed by atoms with E-state index >= 15 is 0 Å². The van der Waals surface area contributed by atoms with Gasteiger partial charge in [0.05, 0.1) is 0 Å². The summed E-state index contributed by atoms with van der Waals surface area (Å²) in [4.78, 5) is 6.17. The zero-order chi connectivity index (χ0) is 11.3. The minimum absolute atomic E-state index is 0.446. The zero-order valence-corrected chi connectivity index (χ0v) is 11.2. The first kappa shape index (κ1) is 13.1. The van der Waals surface area contributed by atoms with Crippen molar-refractivity contribution < 1.29 is 0 Å². The Balaban J connectivity index is 2.37. The number of aromatic nitrogens is 1. The van der Waals surface area contributed by atoms with E-state index in [1.807, 2.05) is 11.8 Å². The third kappa shape index (κ3) is 5.07. The molecule has 0 bridgehead atoms. The van der Waals surface area contributed by atoms with E-state index < -0.39 is 0 Å². The Morgan fingerprint density at radius 3 is 2.73 bits per heavy atom. The van der Waals surface area contributed by atoms with Crippen LogP contribution in [0.4, 0.5) is 0 Å². The summed E-state index contributed by atoms with van der Waals surface area (Å²) in [6.45, 7) is 1.07. The first-order valence-corrected chi connectivity index (χ1v) is 6.53. The number of nitrogens with zero attached hydrogens (tertiary/aromatic N) is 2. The Morgan fingerprint density at radius 1 is 1.40 bits per heavy atom. The minimum atomic E-state index is 0.446. The van der Waals surface area contributed by atoms with Gasteiger partial charge in [0.2, 0.25) is 0 Å². The van der Waals surface area contributed by atoms with Crippen molar-refractivity contribution in [3.8, 4) is 0 Å². The van der Waals surface area contributed by atoms with Gasteiger partial charge in [-0.1, -0.05) is 23.2 Å². The molecule has 1 rings (SSSR count). The van der Waals surface area contributed by atoms with Gasteiger partial charge in [-0.05, 0) is 25.7 Å². The topological polar surface area (TPSA) is 16.1 Å². The Bertz CT molecular complexity index is 318. The summed E-state index contributed by atoms with van der Waals surface area (Å²) in [5, 5.41) is 1.15. The van der Waals surface area contributed by atoms with Gasteiger partial charge in [-0.25, -0.2) is 4.98 Å². The van der Waals surface area contributed by atoms with Crippen LogP contribution in [-0.2, 0) is 5.75 Å². The second-order valence-electron chi connectivity index (χ2n) is 3.45. The molecule has 1 heterocycles. The van der Waals surface area contributed by atoms with Crippen molar-refractivity contribution in [1.82, 2.24) is 9.88 Å². The second kappa shape index (κ2) is 6.59. The Labute approximate surface area is 105 Å². The average Bonchev–Trinajstić information content (AvgIpc) is 2.14. The van der Waals surface area contributed by atoms with Crippen LogP contribution in [-0.4, -0.2) is 36.3 Å². The lowest BCUT2D eigenvalue weighted by Crippen LogP contribution is -2.14. The van der Waals surface area contributed by atoms with Crippen molar-refractivity contribution in [3.05, 3.63) is 28.0 Å². The first-order valence-electron chi connectivity index (χ1n) is 4.62. The summed E-state index contributed by atoms with van der Waals surface area (Å²) >= 11 is 13.6. The molecular formula is C10H14Cl2N2S. The van der Waals surface area contributed by atoms with Crippen LogP contribution in [0.3, 0.4) is 0 Å². The van der Waals surface area contributed by atoms with Gasteiger partial charge < -0.3 is 4.90 Å². The molecule has 0 unspecified atom stereocenters. The third-order valence-corrected chi connectivity index (χ3v) is 3.38. The van der Waals surface area contributed by atoms with E-state index in [1.165, 1.54) is 0 Å². The number of pyridine rings is 1. The lowest BCUT2D eigenvalue weighted by atomic mass is 10.3. The predicted octanol–water partition coefficient (Wildman–Crippen LogP) is 3.18. The Kier molecular flexibility index (Phi) is 5.75. The molecule has 15 heavy (non-hydrogen) atoms. The lowest BCUT2D eigenvalue weighted by Gasteiger charge is -2.09. The molecule has 0 aliphatic heterocycles. The Hall–Kier alpha value is 0.0400. The maximum atomic E-state index is 6.02. The maximum absolute atomic E-state index is 6.02. The molecule has 0 radical (unpaired) electrons. The van der Waals surface area contributed by atoms with Gasteiger partial charge in [0.15, 0.2) is 0 Å². The standard InChI is InChI=1S/C10H14Cl2N2S/c1-14(2)3-4-15-7-8-6-13-10(12)5-9(8)11/h5-6H,3-4,7H2,1-2H3. The van der Waals surface area contributed by atoms with E-state index in [-0.39, 0.29) is 0 Å². The summed E-state index contributed by atoms with van der Waals surface area (Å²) in [7, 11) is 4.13. The van der Waals surface area contributed by atoms with Crippen LogP contribution < -0.4 is 0 Å². The molecule has 5 heteroatoms. The molecule has 0 amide bonds. The van der Waals surface area contributed by atoms with Crippen LogP contribution in [0.2, 0.25) is 10.2 Å². The highest BCUT2D eigenvalue weighted by molar-refractivity contribution is 7.98. The molecule has 84 valence electrons. The zero-order valence-electron chi connectivity index (χ0n) is 8.83. The number of hydrogen-bond acceptors (Lipinski definition) is 3. The fourth-order valence-electron chi connectivity index (χ4n) is 0.971. The van der Waals surface area contributed by atoms with Crippen molar-refractivity contribution in [1.29, 1.82) is 0 Å². The van der Waals surface area contributed by atoms with Crippen LogP contribution in [0.25, 0.3) is 0 Å². The summed E-state index contributed by atoms with van der Waals surface area (Å²) in [6, 6.07) is 1.69. The van der Waals surface area contributed by atoms with Gasteiger partial charge in [0.1, 0.15) is 5.15 Å². The van der Waals surface area contributed by atoms with Crippen molar-refractivity contribution in [2.24, 2.45) is 0 Å². The van der Waals surface area contributed by atoms with Crippen LogP contribution in [0.1, 0.15) is 5.56 Å². The molecule has 0 aliphatic carbocycles. The number of rotatable bonds is 5. The highest BCUT2D eigenvalue weighted by atomic mass is 35.5. The predicted molar refractivity (Wildman–Crippen MR) is 69.0 cm³/mol. The van der Waals surface area contributed by atoms with Crippen molar-refractivity contribution in [3.63, 3.8) is 0 Å². The first-order chi connectivity index (χ1) is 7.09. The van der Waals surface area contributed by atoms with Crippen LogP contribution >= 0.6 is 35.0 Å². The van der Waals surface area contributed by atoms with E-state index in [9.17, 15) is 0 Å². The molecule has 0 aromatic carbocycles. The van der Waals surface area contributed by atoms with E-state index in [0.29, 0.717) is 10.2 Å². The van der Waals surface area contributed by atoms with Gasteiger partial charge in [0.25, 0.3) is 0 Å². The maximum Gasteiger partial charge on any atom is 0.130 e. The quantitative estimate of drug-likeness (QED) is 0.601. The molecule has 0 atom stereocenters. The minimum Gasteiger partial charge on any atom is -0.309 e. The van der Waals surface area contributed by atoms with E-state index in [4.69, 9.17) is 23.2 Å². The van der Waals surface area contributed by atoms with Gasteiger partial charge in [-0.15, -0.1) is 0 Å². The number of thioether (sulfide) groups is 1. The van der Waals surface area contributed by atoms with Crippen LogP contribution in [0, 0.1) is 0 Å². The fraction of sp³-hybridized carbons (Fsp3) is 0.500. The summed E-state index contributed by atoms with van der Waals surface area (Å²) < 4.78 is 0. The summed E-state index contributed by atoms with van der Waals surface area (Å²) in [5.74, 6) is 1.97. The van der Waals surface area contributed by atoms with Crippen molar-refractivity contribution in [2.45, 2.75) is 5.75 Å². The molecule has 0 N–H and O–H groups in total. The van der Waals surface area contributed by atoms with E-state index in [1.54, 1.807) is 12.3 Å². The molecule has 0 saturated heterocycles. The summed E-state index contributed by atoms with van der Waals surface area (Å²) in [5.41, 5.74) is 1.05. The number of halogens is 2. The van der Waals surface area contributed by atoms with Gasteiger partial charge >= 0.3 is 0 Å². The summed E-state index contributed by atoms with van der Waals surface area (Å²) in [6.07, 6.45) is 1.74. The highest BCUT2D eigenvalue weighted by Gasteiger charge is 2.02. The van der Waals surface area contributed by atoms with E-state index in [0.717, 1.165) is 23.6 Å². The molecular weight excluding hydrogens is 251 g/mol. The normalized spacial score (nSPS) is 11.0. The van der Waals surface area contributed by atoms with Crippen molar-refractivity contribution >= 4 is 35.0 Å². The molecule has 1 aromatic heterocycles. The molecule has 0 spiro atoms. The van der Waals surface area contributed by atoms with E-state index in [2.05, 4.69) is 24.0 Å². The molecule has 0 saturated carbocycles. The molecule has 0 aliphatic rings. The molecule has 1 aromatic rings. The third-order valence-electron chi connectivity index (χ3n) is 1.84. The number of hydrogen-bond donors (Lipinski definition) is 0. The van der Waals surface area contributed by atoms with Crippen LogP contribution in [0.15, 0.2) is 12.3 Å². The lowest BCUT2D eigenvalue weighted by molar-refractivity contribution is 0.437. The largest absolute Gasteiger partial charge is 0.309 e. The second-order valence-corrected chi connectivity index (χ2v) is 5.35. The SMILES string of the molecule is CN(C)CCSCc1cnc(Cl)cc1Cl. The smallest absolute Gasteiger partial charge is 0.130 e. The monoisotopic (exact) mass is 264 g/mol. The van der Waals surface area contributed by atoms with Gasteiger partial charge in [-0.3, -0.25) is 0 Å². The van der Waals surface area contributed by atoms with Gasteiger partial charge in [-0.2, -0.15) is 11.8 Å². The van der Waals surface area contributed by atoms with Gasteiger partial charge in [0, 0.05) is 29.3 Å². The fourth-order valence-corrected chi connectivity index (χ4v) is 2.57. The molecule has 0 fully saturated rings. The Morgan fingerprint density at radius 2 is 2.13 bits per heavy atom. The highest BCUT2D eigenvalue weighted by Crippen LogP contribution is 2.22. The molecule has 2 nitrogen and oxygen atoms in total. The van der Waals surface area contributed by atoms with Crippen LogP contribution in [0.5, 0.6) is 0 Å².